The Morgan fingerprint density at radius 2 is 2.12 bits per heavy atom. The maximum atomic E-state index is 12.1. The monoisotopic (exact) mass is 364 g/mol. The average Bonchev–Trinajstić information content (AvgIpc) is 3.11. The largest absolute Gasteiger partial charge is 0.445 e. The molecule has 2 N–H and O–H groups in total. The van der Waals surface area contributed by atoms with E-state index in [-0.39, 0.29) is 18.9 Å². The molecule has 7 heteroatoms. The number of alkyl carbamates (subject to hydrolysis) is 1. The van der Waals surface area contributed by atoms with Gasteiger partial charge in [0, 0.05) is 11.3 Å². The lowest BCUT2D eigenvalue weighted by atomic mass is 9.92. The van der Waals surface area contributed by atoms with E-state index >= 15 is 0 Å². The highest BCUT2D eigenvalue weighted by atomic mass is 35.5. The third-order valence-corrected chi connectivity index (χ3v) is 5.54. The predicted octanol–water partition coefficient (Wildman–Crippen LogP) is 3.43. The van der Waals surface area contributed by atoms with Crippen LogP contribution in [0, 0.1) is 0 Å². The first-order valence-corrected chi connectivity index (χ1v) is 8.71. The van der Waals surface area contributed by atoms with Gasteiger partial charge in [-0.25, -0.2) is 4.79 Å². The molecule has 0 radical (unpaired) electrons. The van der Waals surface area contributed by atoms with Gasteiger partial charge in [0.25, 0.3) is 0 Å². The topological polar surface area (TPSA) is 67.4 Å². The van der Waals surface area contributed by atoms with Crippen LogP contribution in [0.5, 0.6) is 0 Å². The highest BCUT2D eigenvalue weighted by Crippen LogP contribution is 2.37. The Hall–Kier alpha value is -2.05. The first-order chi connectivity index (χ1) is 11.5. The van der Waals surface area contributed by atoms with Gasteiger partial charge in [-0.15, -0.1) is 11.3 Å². The molecular formula is C17H17ClN2O3S. The molecule has 1 aromatic heterocycles. The summed E-state index contributed by atoms with van der Waals surface area (Å²) < 4.78 is 5.88. The van der Waals surface area contributed by atoms with E-state index in [4.69, 9.17) is 16.3 Å². The number of hydrogen-bond acceptors (Lipinski definition) is 4. The Morgan fingerprint density at radius 3 is 2.79 bits per heavy atom. The van der Waals surface area contributed by atoms with Crippen molar-refractivity contribution in [1.29, 1.82) is 0 Å². The smallest absolute Gasteiger partial charge is 0.407 e. The van der Waals surface area contributed by atoms with E-state index in [1.165, 1.54) is 11.3 Å². The van der Waals surface area contributed by atoms with Crippen molar-refractivity contribution >= 4 is 34.9 Å². The second-order valence-corrected chi connectivity index (χ2v) is 7.53. The van der Waals surface area contributed by atoms with E-state index in [9.17, 15) is 9.59 Å². The maximum Gasteiger partial charge on any atom is 0.407 e. The molecule has 1 fully saturated rings. The summed E-state index contributed by atoms with van der Waals surface area (Å²) in [5, 5.41) is 5.73. The van der Waals surface area contributed by atoms with E-state index in [0.717, 1.165) is 10.4 Å². The van der Waals surface area contributed by atoms with Gasteiger partial charge in [-0.2, -0.15) is 0 Å². The van der Waals surface area contributed by atoms with Crippen LogP contribution in [0.25, 0.3) is 0 Å². The molecule has 1 aromatic carbocycles. The second kappa shape index (κ2) is 6.83. The Labute approximate surface area is 149 Å². The van der Waals surface area contributed by atoms with Crippen molar-refractivity contribution in [2.45, 2.75) is 31.5 Å². The second-order valence-electron chi connectivity index (χ2n) is 5.82. The van der Waals surface area contributed by atoms with Gasteiger partial charge in [0.15, 0.2) is 0 Å². The molecule has 126 valence electrons. The molecule has 0 bridgehead atoms. The number of benzene rings is 1. The number of nitrogens with one attached hydrogen (secondary N) is 2. The molecule has 0 aliphatic carbocycles. The molecule has 1 saturated heterocycles. The molecule has 5 nitrogen and oxygen atoms in total. The third kappa shape index (κ3) is 3.55. The molecule has 2 heterocycles. The highest BCUT2D eigenvalue weighted by molar-refractivity contribution is 7.16. The predicted molar refractivity (Wildman–Crippen MR) is 93.0 cm³/mol. The normalized spacial score (nSPS) is 22.9. The van der Waals surface area contributed by atoms with Crippen LogP contribution in [-0.4, -0.2) is 18.0 Å². The molecule has 2 amide bonds. The van der Waals surface area contributed by atoms with Gasteiger partial charge in [0.2, 0.25) is 5.91 Å². The molecule has 0 saturated carbocycles. The van der Waals surface area contributed by atoms with Crippen molar-refractivity contribution in [2.75, 3.05) is 0 Å². The molecule has 1 aliphatic rings. The summed E-state index contributed by atoms with van der Waals surface area (Å²) in [5.41, 5.74) is 0.210. The fourth-order valence-corrected chi connectivity index (χ4v) is 3.95. The Bertz CT molecular complexity index is 749. The average molecular weight is 365 g/mol. The van der Waals surface area contributed by atoms with Crippen molar-refractivity contribution in [3.63, 3.8) is 0 Å². The van der Waals surface area contributed by atoms with Crippen molar-refractivity contribution < 1.29 is 14.3 Å². The quantitative estimate of drug-likeness (QED) is 0.873. The molecule has 2 atom stereocenters. The minimum absolute atomic E-state index is 0.115. The number of hydrogen-bond donors (Lipinski definition) is 2. The zero-order valence-corrected chi connectivity index (χ0v) is 14.6. The van der Waals surface area contributed by atoms with E-state index < -0.39 is 17.7 Å². The van der Waals surface area contributed by atoms with Crippen molar-refractivity contribution in [3.8, 4) is 0 Å². The maximum absolute atomic E-state index is 12.1. The van der Waals surface area contributed by atoms with Crippen LogP contribution >= 0.6 is 22.9 Å². The van der Waals surface area contributed by atoms with Crippen molar-refractivity contribution in [1.82, 2.24) is 10.6 Å². The molecule has 0 spiro atoms. The Balaban J connectivity index is 1.66. The summed E-state index contributed by atoms with van der Waals surface area (Å²) in [4.78, 5) is 24.9. The Morgan fingerprint density at radius 1 is 1.38 bits per heavy atom. The lowest BCUT2D eigenvalue weighted by molar-refractivity contribution is -0.119. The van der Waals surface area contributed by atoms with Gasteiger partial charge in [-0.1, -0.05) is 41.9 Å². The summed E-state index contributed by atoms with van der Waals surface area (Å²) in [6, 6.07) is 12.7. The van der Waals surface area contributed by atoms with Crippen LogP contribution in [0.3, 0.4) is 0 Å². The van der Waals surface area contributed by atoms with Gasteiger partial charge < -0.3 is 15.4 Å². The molecule has 24 heavy (non-hydrogen) atoms. The van der Waals surface area contributed by atoms with E-state index in [1.807, 2.05) is 43.3 Å². The van der Waals surface area contributed by atoms with Crippen molar-refractivity contribution in [2.24, 2.45) is 0 Å². The lowest BCUT2D eigenvalue weighted by Crippen LogP contribution is -2.50. The number of amides is 2. The first kappa shape index (κ1) is 16.8. The first-order valence-electron chi connectivity index (χ1n) is 7.51. The summed E-state index contributed by atoms with van der Waals surface area (Å²) in [6.45, 7) is 2.06. The van der Waals surface area contributed by atoms with Gasteiger partial charge in [0.1, 0.15) is 6.61 Å². The Kier molecular flexibility index (Phi) is 4.78. The molecular weight excluding hydrogens is 348 g/mol. The minimum Gasteiger partial charge on any atom is -0.445 e. The number of ether oxygens (including phenoxy) is 1. The fraction of sp³-hybridized carbons (Fsp3) is 0.294. The fourth-order valence-electron chi connectivity index (χ4n) is 2.75. The summed E-state index contributed by atoms with van der Waals surface area (Å²) >= 11 is 7.39. The number of thiophene rings is 1. The van der Waals surface area contributed by atoms with Gasteiger partial charge in [-0.05, 0) is 24.6 Å². The van der Waals surface area contributed by atoms with Crippen LogP contribution in [0.1, 0.15) is 23.8 Å². The standard InChI is InChI=1S/C17H17ClN2O3S/c1-17(13-7-8-14(18)24-13)12(9-15(21)20-17)19-16(22)23-10-11-5-3-2-4-6-11/h2-8,12H,9-10H2,1H3,(H,19,22)(H,20,21). The zero-order chi connectivity index (χ0) is 17.2. The van der Waals surface area contributed by atoms with Crippen LogP contribution in [0.15, 0.2) is 42.5 Å². The van der Waals surface area contributed by atoms with Gasteiger partial charge in [0.05, 0.1) is 15.9 Å². The van der Waals surface area contributed by atoms with E-state index in [0.29, 0.717) is 4.34 Å². The molecule has 2 aromatic rings. The highest BCUT2D eigenvalue weighted by Gasteiger charge is 2.46. The van der Waals surface area contributed by atoms with E-state index in [1.54, 1.807) is 6.07 Å². The molecule has 3 rings (SSSR count). The zero-order valence-electron chi connectivity index (χ0n) is 13.0. The van der Waals surface area contributed by atoms with Crippen LogP contribution in [0.4, 0.5) is 4.79 Å². The third-order valence-electron chi connectivity index (χ3n) is 4.08. The van der Waals surface area contributed by atoms with Gasteiger partial charge >= 0.3 is 6.09 Å². The number of rotatable bonds is 4. The van der Waals surface area contributed by atoms with Crippen LogP contribution < -0.4 is 10.6 Å². The van der Waals surface area contributed by atoms with E-state index in [2.05, 4.69) is 10.6 Å². The SMILES string of the molecule is CC1(c2ccc(Cl)s2)NC(=O)CC1NC(=O)OCc1ccccc1. The number of halogens is 1. The lowest BCUT2D eigenvalue weighted by Gasteiger charge is -2.30. The number of carbonyl (C=O) groups excluding carboxylic acids is 2. The summed E-state index contributed by atoms with van der Waals surface area (Å²) in [7, 11) is 0. The molecule has 2 unspecified atom stereocenters. The van der Waals surface area contributed by atoms with Crippen LogP contribution in [0.2, 0.25) is 4.34 Å². The molecule has 1 aliphatic heterocycles. The summed E-state index contributed by atoms with van der Waals surface area (Å²) in [6.07, 6.45) is -0.346. The van der Waals surface area contributed by atoms with Crippen LogP contribution in [-0.2, 0) is 21.7 Å². The van der Waals surface area contributed by atoms with Crippen molar-refractivity contribution in [3.05, 3.63) is 57.2 Å². The minimum atomic E-state index is -0.694. The van der Waals surface area contributed by atoms with Gasteiger partial charge in [-0.3, -0.25) is 4.79 Å². The summed E-state index contributed by atoms with van der Waals surface area (Å²) in [5.74, 6) is -0.115. The number of carbonyl (C=O) groups is 2.